The molecule has 0 bridgehead atoms. The Morgan fingerprint density at radius 2 is 2.27 bits per heavy atom. The third-order valence-corrected chi connectivity index (χ3v) is 6.36. The highest BCUT2D eigenvalue weighted by Crippen LogP contribution is 2.34. The predicted octanol–water partition coefficient (Wildman–Crippen LogP) is 2.57. The number of hydrogen-bond acceptors (Lipinski definition) is 4. The van der Waals surface area contributed by atoms with E-state index >= 15 is 0 Å². The number of nitrogens with zero attached hydrogens (tertiary/aromatic N) is 1. The molecule has 1 aromatic rings. The van der Waals surface area contributed by atoms with E-state index in [1.807, 2.05) is 11.0 Å². The van der Waals surface area contributed by atoms with Crippen molar-refractivity contribution in [1.29, 1.82) is 0 Å². The van der Waals surface area contributed by atoms with Crippen LogP contribution in [0.2, 0.25) is 0 Å². The van der Waals surface area contributed by atoms with Crippen LogP contribution in [-0.2, 0) is 9.53 Å². The Balaban J connectivity index is 1.40. The van der Waals surface area contributed by atoms with E-state index in [4.69, 9.17) is 4.74 Å². The van der Waals surface area contributed by atoms with Crippen LogP contribution in [-0.4, -0.2) is 42.6 Å². The number of carbonyl (C=O) groups excluding carboxylic acids is 1. The zero-order valence-corrected chi connectivity index (χ0v) is 13.7. The Hall–Kier alpha value is -0.910. The smallest absolute Gasteiger partial charge is 0.239 e. The van der Waals surface area contributed by atoms with Crippen LogP contribution in [0.3, 0.4) is 0 Å². The van der Waals surface area contributed by atoms with Gasteiger partial charge in [-0.15, -0.1) is 11.3 Å². The van der Waals surface area contributed by atoms with Gasteiger partial charge in [-0.1, -0.05) is 18.9 Å². The highest BCUT2D eigenvalue weighted by Gasteiger charge is 2.40. The standard InChI is InChI=1S/C17H24N2O2S/c20-17(14-10-12-4-1-2-5-13(12)18-14)19-7-8-21-15(11-19)16-6-3-9-22-16/h3,6,9,12-15,18H,1-2,4-5,7-8,10-11H2. The van der Waals surface area contributed by atoms with Crippen molar-refractivity contribution in [3.05, 3.63) is 22.4 Å². The molecule has 22 heavy (non-hydrogen) atoms. The molecule has 1 N–H and O–H groups in total. The molecule has 4 atom stereocenters. The van der Waals surface area contributed by atoms with E-state index in [-0.39, 0.29) is 12.1 Å². The Morgan fingerprint density at radius 3 is 3.09 bits per heavy atom. The van der Waals surface area contributed by atoms with Crippen LogP contribution in [0.1, 0.15) is 43.1 Å². The summed E-state index contributed by atoms with van der Waals surface area (Å²) in [7, 11) is 0. The van der Waals surface area contributed by atoms with Gasteiger partial charge >= 0.3 is 0 Å². The molecular weight excluding hydrogens is 296 g/mol. The van der Waals surface area contributed by atoms with Crippen molar-refractivity contribution < 1.29 is 9.53 Å². The Bertz CT molecular complexity index is 505. The van der Waals surface area contributed by atoms with Crippen LogP contribution in [0.5, 0.6) is 0 Å². The second kappa shape index (κ2) is 6.30. The van der Waals surface area contributed by atoms with Gasteiger partial charge in [0, 0.05) is 17.5 Å². The molecule has 3 fully saturated rings. The molecule has 3 heterocycles. The lowest BCUT2D eigenvalue weighted by molar-refractivity contribution is -0.140. The van der Waals surface area contributed by atoms with Gasteiger partial charge in [-0.25, -0.2) is 0 Å². The average molecular weight is 320 g/mol. The second-order valence-corrected chi connectivity index (χ2v) is 7.74. The number of hydrogen-bond donors (Lipinski definition) is 1. The van der Waals surface area contributed by atoms with Gasteiger partial charge in [-0.3, -0.25) is 4.79 Å². The molecule has 2 saturated heterocycles. The van der Waals surface area contributed by atoms with E-state index in [2.05, 4.69) is 16.8 Å². The quantitative estimate of drug-likeness (QED) is 0.910. The van der Waals surface area contributed by atoms with E-state index in [0.717, 1.165) is 18.9 Å². The number of amides is 1. The molecule has 1 aliphatic carbocycles. The Morgan fingerprint density at radius 1 is 1.36 bits per heavy atom. The molecule has 4 rings (SSSR count). The average Bonchev–Trinajstić information content (AvgIpc) is 3.23. The van der Waals surface area contributed by atoms with E-state index in [1.54, 1.807) is 11.3 Å². The summed E-state index contributed by atoms with van der Waals surface area (Å²) in [5.41, 5.74) is 0. The normalized spacial score (nSPS) is 35.4. The molecule has 0 aromatic carbocycles. The topological polar surface area (TPSA) is 41.6 Å². The lowest BCUT2D eigenvalue weighted by Crippen LogP contribution is -2.50. The van der Waals surface area contributed by atoms with Crippen molar-refractivity contribution in [2.24, 2.45) is 5.92 Å². The fourth-order valence-electron chi connectivity index (χ4n) is 4.23. The van der Waals surface area contributed by atoms with E-state index in [1.165, 1.54) is 30.6 Å². The third-order valence-electron chi connectivity index (χ3n) is 5.40. The molecule has 2 aliphatic heterocycles. The van der Waals surface area contributed by atoms with Crippen molar-refractivity contribution in [1.82, 2.24) is 10.2 Å². The summed E-state index contributed by atoms with van der Waals surface area (Å²) in [6, 6.07) is 4.77. The van der Waals surface area contributed by atoms with Crippen molar-refractivity contribution in [2.45, 2.75) is 50.3 Å². The molecule has 0 radical (unpaired) electrons. The molecule has 4 nitrogen and oxygen atoms in total. The SMILES string of the molecule is O=C(C1CC2CCCCC2N1)N1CCOC(c2cccs2)C1. The number of carbonyl (C=O) groups is 1. The van der Waals surface area contributed by atoms with Crippen LogP contribution in [0.4, 0.5) is 0 Å². The molecule has 5 heteroatoms. The summed E-state index contributed by atoms with van der Waals surface area (Å²) < 4.78 is 5.86. The maximum absolute atomic E-state index is 12.9. The summed E-state index contributed by atoms with van der Waals surface area (Å²) >= 11 is 1.71. The van der Waals surface area contributed by atoms with Crippen molar-refractivity contribution in [3.8, 4) is 0 Å². The number of morpholine rings is 1. The lowest BCUT2D eigenvalue weighted by Gasteiger charge is -2.34. The molecule has 1 amide bonds. The summed E-state index contributed by atoms with van der Waals surface area (Å²) in [6.07, 6.45) is 6.28. The lowest BCUT2D eigenvalue weighted by atomic mass is 9.85. The molecule has 3 aliphatic rings. The predicted molar refractivity (Wildman–Crippen MR) is 86.9 cm³/mol. The summed E-state index contributed by atoms with van der Waals surface area (Å²) in [6.45, 7) is 2.08. The first-order valence-corrected chi connectivity index (χ1v) is 9.39. The van der Waals surface area contributed by atoms with E-state index in [9.17, 15) is 4.79 Å². The second-order valence-electron chi connectivity index (χ2n) is 6.77. The summed E-state index contributed by atoms with van der Waals surface area (Å²) in [5, 5.41) is 5.68. The third kappa shape index (κ3) is 2.82. The van der Waals surface area contributed by atoms with Crippen LogP contribution < -0.4 is 5.32 Å². The number of nitrogens with one attached hydrogen (secondary N) is 1. The van der Waals surface area contributed by atoms with Crippen LogP contribution >= 0.6 is 11.3 Å². The Kier molecular flexibility index (Phi) is 4.20. The Labute approximate surface area is 135 Å². The largest absolute Gasteiger partial charge is 0.369 e. The zero-order chi connectivity index (χ0) is 14.9. The summed E-state index contributed by atoms with van der Waals surface area (Å²) in [5.74, 6) is 1.01. The number of ether oxygens (including phenoxy) is 1. The van der Waals surface area contributed by atoms with Gasteiger partial charge in [0.2, 0.25) is 5.91 Å². The fourth-order valence-corrected chi connectivity index (χ4v) is 4.99. The van der Waals surface area contributed by atoms with Gasteiger partial charge in [0.25, 0.3) is 0 Å². The first-order chi connectivity index (χ1) is 10.8. The van der Waals surface area contributed by atoms with Gasteiger partial charge < -0.3 is 15.0 Å². The fraction of sp³-hybridized carbons (Fsp3) is 0.706. The van der Waals surface area contributed by atoms with Crippen molar-refractivity contribution in [3.63, 3.8) is 0 Å². The van der Waals surface area contributed by atoms with Gasteiger partial charge in [-0.05, 0) is 36.6 Å². The molecular formula is C17H24N2O2S. The van der Waals surface area contributed by atoms with Gasteiger partial charge in [0.15, 0.2) is 0 Å². The first-order valence-electron chi connectivity index (χ1n) is 8.51. The highest BCUT2D eigenvalue weighted by molar-refractivity contribution is 7.10. The minimum absolute atomic E-state index is 0.0372. The van der Waals surface area contributed by atoms with Crippen molar-refractivity contribution >= 4 is 17.2 Å². The highest BCUT2D eigenvalue weighted by atomic mass is 32.1. The van der Waals surface area contributed by atoms with Gasteiger partial charge in [0.05, 0.1) is 19.2 Å². The number of thiophene rings is 1. The molecule has 1 aromatic heterocycles. The molecule has 120 valence electrons. The van der Waals surface area contributed by atoms with Gasteiger partial charge in [0.1, 0.15) is 6.10 Å². The zero-order valence-electron chi connectivity index (χ0n) is 12.9. The number of fused-ring (bicyclic) bond motifs is 1. The monoisotopic (exact) mass is 320 g/mol. The van der Waals surface area contributed by atoms with Crippen LogP contribution in [0.15, 0.2) is 17.5 Å². The maximum atomic E-state index is 12.9. The van der Waals surface area contributed by atoms with E-state index in [0.29, 0.717) is 25.1 Å². The van der Waals surface area contributed by atoms with Crippen LogP contribution in [0, 0.1) is 5.92 Å². The molecule has 1 saturated carbocycles. The number of rotatable bonds is 2. The minimum Gasteiger partial charge on any atom is -0.369 e. The maximum Gasteiger partial charge on any atom is 0.239 e. The first kappa shape index (κ1) is 14.7. The van der Waals surface area contributed by atoms with Crippen LogP contribution in [0.25, 0.3) is 0 Å². The molecule has 0 spiro atoms. The van der Waals surface area contributed by atoms with E-state index < -0.39 is 0 Å². The molecule has 4 unspecified atom stereocenters. The minimum atomic E-state index is 0.0372. The van der Waals surface area contributed by atoms with Crippen molar-refractivity contribution in [2.75, 3.05) is 19.7 Å². The van der Waals surface area contributed by atoms with Gasteiger partial charge in [-0.2, -0.15) is 0 Å². The summed E-state index contributed by atoms with van der Waals surface area (Å²) in [4.78, 5) is 16.1.